The largest absolute Gasteiger partial charge is 0.507 e. The summed E-state index contributed by atoms with van der Waals surface area (Å²) >= 11 is 1.49. The lowest BCUT2D eigenvalue weighted by atomic mass is 9.78. The van der Waals surface area contributed by atoms with Crippen LogP contribution < -0.4 is 0 Å². The summed E-state index contributed by atoms with van der Waals surface area (Å²) in [4.78, 5) is 21.5. The molecule has 4 N–H and O–H groups in total. The van der Waals surface area contributed by atoms with E-state index in [1.54, 1.807) is 10.8 Å². The number of aliphatic carboxylic acids is 2. The molecule has 0 aromatic heterocycles. The number of carboxylic acids is 2. The van der Waals surface area contributed by atoms with Crippen LogP contribution in [-0.2, 0) is 44.1 Å². The molecule has 0 fully saturated rings. The number of hydrogen-bond acceptors (Lipinski definition) is 5. The molecule has 7 heteroatoms. The smallest absolute Gasteiger partial charge is 0.303 e. The van der Waals surface area contributed by atoms with E-state index in [4.69, 9.17) is 10.2 Å². The average Bonchev–Trinajstić information content (AvgIpc) is 2.85. The highest BCUT2D eigenvalue weighted by Gasteiger charge is 2.26. The molecule has 0 spiro atoms. The van der Waals surface area contributed by atoms with E-state index in [-0.39, 0.29) is 46.0 Å². The number of carbonyl (C=O) groups is 2. The summed E-state index contributed by atoms with van der Waals surface area (Å²) in [5.74, 6) is -1.20. The molecule has 0 aliphatic heterocycles. The van der Waals surface area contributed by atoms with Gasteiger partial charge in [0.05, 0.1) is 0 Å². The molecular weight excluding hydrogens is 584 g/mol. The van der Waals surface area contributed by atoms with E-state index in [9.17, 15) is 19.8 Å². The van der Waals surface area contributed by atoms with Gasteiger partial charge >= 0.3 is 11.9 Å². The van der Waals surface area contributed by atoms with Gasteiger partial charge in [0.25, 0.3) is 0 Å². The monoisotopic (exact) mass is 642 g/mol. The zero-order chi connectivity index (χ0) is 35.6. The molecule has 2 rings (SSSR count). The van der Waals surface area contributed by atoms with Crippen molar-refractivity contribution in [3.05, 3.63) is 81.6 Å². The summed E-state index contributed by atoms with van der Waals surface area (Å²) in [6.07, 6.45) is 0.776. The van der Waals surface area contributed by atoms with Crippen LogP contribution in [0, 0.1) is 0 Å². The third kappa shape index (κ3) is 14.6. The van der Waals surface area contributed by atoms with Crippen molar-refractivity contribution in [3.8, 4) is 11.5 Å². The minimum absolute atomic E-state index is 0.0325. The van der Waals surface area contributed by atoms with Crippen molar-refractivity contribution >= 4 is 23.7 Å². The maximum absolute atomic E-state index is 10.8. The first-order chi connectivity index (χ1) is 20.3. The zero-order valence-corrected chi connectivity index (χ0v) is 30.5. The summed E-state index contributed by atoms with van der Waals surface area (Å²) < 4.78 is 0. The molecular formula is C38H58O6S. The summed E-state index contributed by atoms with van der Waals surface area (Å²) in [6.45, 7) is 31.9. The van der Waals surface area contributed by atoms with E-state index in [0.29, 0.717) is 12.8 Å². The number of aromatic hydroxyl groups is 2. The van der Waals surface area contributed by atoms with Gasteiger partial charge in [-0.25, -0.2) is 0 Å². The molecule has 0 saturated carbocycles. The maximum atomic E-state index is 10.8. The van der Waals surface area contributed by atoms with Crippen LogP contribution in [0.1, 0.15) is 129 Å². The van der Waals surface area contributed by atoms with Gasteiger partial charge in [-0.15, -0.1) is 11.8 Å². The second kappa shape index (κ2) is 16.9. The number of benzene rings is 2. The first kappa shape index (κ1) is 41.8. The molecule has 45 heavy (non-hydrogen) atoms. The minimum atomic E-state index is -0.845. The van der Waals surface area contributed by atoms with Crippen molar-refractivity contribution in [1.29, 1.82) is 0 Å². The highest BCUT2D eigenvalue weighted by atomic mass is 32.2. The lowest BCUT2D eigenvalue weighted by Gasteiger charge is -2.27. The van der Waals surface area contributed by atoms with Gasteiger partial charge in [-0.2, -0.15) is 0 Å². The molecule has 0 radical (unpaired) electrons. The zero-order valence-electron chi connectivity index (χ0n) is 29.7. The van der Waals surface area contributed by atoms with Gasteiger partial charge < -0.3 is 20.4 Å². The lowest BCUT2D eigenvalue weighted by molar-refractivity contribution is -0.138. The van der Waals surface area contributed by atoms with Crippen molar-refractivity contribution in [3.63, 3.8) is 0 Å². The van der Waals surface area contributed by atoms with E-state index in [0.717, 1.165) is 33.4 Å². The summed E-state index contributed by atoms with van der Waals surface area (Å²) in [5.41, 5.74) is 5.04. The van der Waals surface area contributed by atoms with Crippen LogP contribution in [0.3, 0.4) is 0 Å². The molecule has 2 aromatic rings. The van der Waals surface area contributed by atoms with Crippen LogP contribution in [0.4, 0.5) is 0 Å². The Labute approximate surface area is 276 Å². The second-order valence-electron chi connectivity index (χ2n) is 15.3. The molecule has 0 saturated heterocycles. The van der Waals surface area contributed by atoms with Gasteiger partial charge in [0.1, 0.15) is 11.5 Å². The second-order valence-corrected chi connectivity index (χ2v) is 16.3. The SMILES string of the molecule is C=CSC=C.CC(C)(C)c1cc(CCC(=O)O)c(O)c(C(C)(C)C)c1.CC(C)(C)c1cc(CCC(=O)O)c(O)c(C(C)(C)C)c1. The van der Waals surface area contributed by atoms with Crippen molar-refractivity contribution in [2.24, 2.45) is 0 Å². The Hall–Kier alpha value is -3.19. The highest BCUT2D eigenvalue weighted by molar-refractivity contribution is 8.04. The van der Waals surface area contributed by atoms with Crippen molar-refractivity contribution in [2.75, 3.05) is 0 Å². The minimum Gasteiger partial charge on any atom is -0.507 e. The quantitative estimate of drug-likeness (QED) is 0.226. The first-order valence-electron chi connectivity index (χ1n) is 15.3. The third-order valence-electron chi connectivity index (χ3n) is 7.13. The summed E-state index contributed by atoms with van der Waals surface area (Å²) in [5, 5.41) is 42.0. The fourth-order valence-corrected chi connectivity index (χ4v) is 4.47. The highest BCUT2D eigenvalue weighted by Crippen LogP contribution is 2.39. The fourth-order valence-electron chi connectivity index (χ4n) is 4.33. The molecule has 0 bridgehead atoms. The van der Waals surface area contributed by atoms with Gasteiger partial charge in [0.2, 0.25) is 0 Å². The van der Waals surface area contributed by atoms with E-state index >= 15 is 0 Å². The molecule has 0 aliphatic rings. The van der Waals surface area contributed by atoms with E-state index < -0.39 is 11.9 Å². The predicted octanol–water partition coefficient (Wildman–Crippen LogP) is 10.0. The van der Waals surface area contributed by atoms with Crippen LogP contribution in [0.25, 0.3) is 0 Å². The van der Waals surface area contributed by atoms with Gasteiger partial charge in [-0.3, -0.25) is 9.59 Å². The van der Waals surface area contributed by atoms with Gasteiger partial charge in [-0.1, -0.05) is 121 Å². The van der Waals surface area contributed by atoms with Gasteiger partial charge in [-0.05, 0) is 78.7 Å². The Kier molecular flexibility index (Phi) is 15.7. The molecule has 6 nitrogen and oxygen atoms in total. The Bertz CT molecular complexity index is 1210. The fraction of sp³-hybridized carbons (Fsp3) is 0.526. The molecule has 2 aromatic carbocycles. The van der Waals surface area contributed by atoms with Crippen LogP contribution in [0.5, 0.6) is 11.5 Å². The van der Waals surface area contributed by atoms with Crippen molar-refractivity contribution in [2.45, 2.75) is 130 Å². The Morgan fingerprint density at radius 2 is 0.889 bits per heavy atom. The number of thioether (sulfide) groups is 1. The molecule has 252 valence electrons. The van der Waals surface area contributed by atoms with E-state index in [1.807, 2.05) is 24.3 Å². The average molecular weight is 643 g/mol. The van der Waals surface area contributed by atoms with Crippen molar-refractivity contribution < 1.29 is 30.0 Å². The Balaban J connectivity index is 0.000000748. The maximum Gasteiger partial charge on any atom is 0.303 e. The Morgan fingerprint density at radius 1 is 0.600 bits per heavy atom. The molecule has 0 atom stereocenters. The van der Waals surface area contributed by atoms with Crippen LogP contribution in [-0.4, -0.2) is 32.4 Å². The van der Waals surface area contributed by atoms with Crippen LogP contribution >= 0.6 is 11.8 Å². The number of phenols is 2. The number of rotatable bonds is 8. The third-order valence-corrected chi connectivity index (χ3v) is 7.52. The van der Waals surface area contributed by atoms with E-state index in [2.05, 4.69) is 96.2 Å². The van der Waals surface area contributed by atoms with E-state index in [1.165, 1.54) is 11.8 Å². The number of aryl methyl sites for hydroxylation is 2. The van der Waals surface area contributed by atoms with Gasteiger partial charge in [0.15, 0.2) is 0 Å². The lowest BCUT2D eigenvalue weighted by Crippen LogP contribution is -2.17. The number of phenolic OH excluding ortho intramolecular Hbond substituents is 2. The normalized spacial score (nSPS) is 11.8. The predicted molar refractivity (Wildman–Crippen MR) is 191 cm³/mol. The Morgan fingerprint density at radius 3 is 1.07 bits per heavy atom. The van der Waals surface area contributed by atoms with Crippen LogP contribution in [0.15, 0.2) is 48.2 Å². The number of carboxylic acid groups (broad SMARTS) is 2. The van der Waals surface area contributed by atoms with Crippen molar-refractivity contribution in [1.82, 2.24) is 0 Å². The van der Waals surface area contributed by atoms with Gasteiger partial charge in [0, 0.05) is 12.8 Å². The molecule has 0 aliphatic carbocycles. The summed E-state index contributed by atoms with van der Waals surface area (Å²) in [6, 6.07) is 7.96. The summed E-state index contributed by atoms with van der Waals surface area (Å²) in [7, 11) is 0. The molecule has 0 amide bonds. The molecule has 0 unspecified atom stereocenters. The first-order valence-corrected chi connectivity index (χ1v) is 16.3. The molecule has 0 heterocycles. The number of hydrogen-bond donors (Lipinski definition) is 4. The standard InChI is InChI=1S/2C17H26O3.C4H6S/c2*1-16(2,3)12-9-11(7-8-14(18)19)15(20)13(10-12)17(4,5)6;1-3-5-4-2/h2*9-10,20H,7-8H2,1-6H3,(H,18,19);3-4H,1-2H2. The topological polar surface area (TPSA) is 115 Å². The van der Waals surface area contributed by atoms with Crippen LogP contribution in [0.2, 0.25) is 0 Å².